The third-order valence-corrected chi connectivity index (χ3v) is 2.65. The lowest BCUT2D eigenvalue weighted by atomic mass is 10.1. The molecule has 0 aromatic carbocycles. The Balaban J connectivity index is 3.21. The molecule has 0 spiro atoms. The van der Waals surface area contributed by atoms with Crippen molar-refractivity contribution in [2.24, 2.45) is 5.73 Å². The molecule has 0 radical (unpaired) electrons. The van der Waals surface area contributed by atoms with Crippen molar-refractivity contribution >= 4 is 9.84 Å². The Morgan fingerprint density at radius 1 is 1.54 bits per heavy atom. The number of sulfone groups is 1. The number of hydrogen-bond acceptors (Lipinski definition) is 4. The van der Waals surface area contributed by atoms with E-state index in [9.17, 15) is 8.42 Å². The van der Waals surface area contributed by atoms with Crippen LogP contribution in [0, 0.1) is 0 Å². The van der Waals surface area contributed by atoms with Gasteiger partial charge in [-0.05, 0) is 24.6 Å². The molecule has 1 unspecified atom stereocenters. The topological polar surface area (TPSA) is 73.0 Å². The van der Waals surface area contributed by atoms with Gasteiger partial charge in [0.25, 0.3) is 0 Å². The van der Waals surface area contributed by atoms with Crippen LogP contribution < -0.4 is 5.73 Å². The number of nitrogens with two attached hydrogens (primary N) is 1. The van der Waals surface area contributed by atoms with E-state index >= 15 is 0 Å². The van der Waals surface area contributed by atoms with E-state index in [0.29, 0.717) is 0 Å². The summed E-state index contributed by atoms with van der Waals surface area (Å²) in [6.07, 6.45) is 2.58. The predicted molar refractivity (Wildman–Crippen MR) is 49.9 cm³/mol. The van der Waals surface area contributed by atoms with Crippen LogP contribution in [0.2, 0.25) is 0 Å². The minimum atomic E-state index is -3.23. The summed E-state index contributed by atoms with van der Waals surface area (Å²) in [7, 11) is -3.23. The fourth-order valence-corrected chi connectivity index (χ4v) is 1.51. The first-order valence-electron chi connectivity index (χ1n) is 3.83. The molecule has 2 N–H and O–H groups in total. The third-order valence-electron chi connectivity index (χ3n) is 1.66. The molecule has 5 heteroatoms. The van der Waals surface area contributed by atoms with E-state index in [2.05, 4.69) is 4.98 Å². The van der Waals surface area contributed by atoms with Gasteiger partial charge in [-0.3, -0.25) is 0 Å². The molecular weight excluding hydrogens is 188 g/mol. The van der Waals surface area contributed by atoms with Gasteiger partial charge >= 0.3 is 0 Å². The van der Waals surface area contributed by atoms with E-state index in [1.54, 1.807) is 13.0 Å². The van der Waals surface area contributed by atoms with E-state index in [-0.39, 0.29) is 11.1 Å². The van der Waals surface area contributed by atoms with Gasteiger partial charge in [-0.15, -0.1) is 0 Å². The molecule has 0 fully saturated rings. The van der Waals surface area contributed by atoms with Gasteiger partial charge in [0.05, 0.1) is 0 Å². The van der Waals surface area contributed by atoms with Crippen LogP contribution in [0.25, 0.3) is 0 Å². The van der Waals surface area contributed by atoms with Crippen LogP contribution in [0.3, 0.4) is 0 Å². The monoisotopic (exact) mass is 200 g/mol. The van der Waals surface area contributed by atoms with Gasteiger partial charge < -0.3 is 5.73 Å². The summed E-state index contributed by atoms with van der Waals surface area (Å²) in [5.74, 6) is 0. The van der Waals surface area contributed by atoms with E-state index in [1.165, 1.54) is 12.3 Å². The molecule has 0 saturated carbocycles. The van der Waals surface area contributed by atoms with Crippen molar-refractivity contribution in [2.75, 3.05) is 6.26 Å². The number of rotatable bonds is 2. The van der Waals surface area contributed by atoms with Crippen molar-refractivity contribution < 1.29 is 8.42 Å². The van der Waals surface area contributed by atoms with Crippen molar-refractivity contribution in [3.8, 4) is 0 Å². The smallest absolute Gasteiger partial charge is 0.192 e. The number of nitrogens with zero attached hydrogens (tertiary/aromatic N) is 1. The zero-order valence-electron chi connectivity index (χ0n) is 7.56. The van der Waals surface area contributed by atoms with Crippen LogP contribution in [-0.4, -0.2) is 19.7 Å². The zero-order valence-corrected chi connectivity index (χ0v) is 8.38. The molecule has 1 aromatic heterocycles. The maximum atomic E-state index is 11.1. The lowest BCUT2D eigenvalue weighted by molar-refractivity contribution is 0.598. The van der Waals surface area contributed by atoms with Crippen LogP contribution in [0.5, 0.6) is 0 Å². The molecule has 72 valence electrons. The molecule has 0 aliphatic heterocycles. The molecule has 0 saturated heterocycles. The minimum Gasteiger partial charge on any atom is -0.324 e. The highest BCUT2D eigenvalue weighted by atomic mass is 32.2. The number of aromatic nitrogens is 1. The summed E-state index contributed by atoms with van der Waals surface area (Å²) in [4.78, 5) is 3.75. The SMILES string of the molecule is CC(N)c1ccnc(S(C)(=O)=O)c1. The molecule has 0 amide bonds. The van der Waals surface area contributed by atoms with Gasteiger partial charge in [0.2, 0.25) is 0 Å². The van der Waals surface area contributed by atoms with Crippen LogP contribution in [0.1, 0.15) is 18.5 Å². The van der Waals surface area contributed by atoms with Crippen molar-refractivity contribution in [1.82, 2.24) is 4.98 Å². The molecule has 1 rings (SSSR count). The molecule has 0 bridgehead atoms. The summed E-state index contributed by atoms with van der Waals surface area (Å²) in [6.45, 7) is 1.79. The molecule has 0 aliphatic rings. The highest BCUT2D eigenvalue weighted by Gasteiger charge is 2.10. The fourth-order valence-electron chi connectivity index (χ4n) is 0.911. The van der Waals surface area contributed by atoms with Gasteiger partial charge in [-0.2, -0.15) is 0 Å². The predicted octanol–water partition coefficient (Wildman–Crippen LogP) is 0.505. The Bertz CT molecular complexity index is 398. The van der Waals surface area contributed by atoms with E-state index in [4.69, 9.17) is 5.73 Å². The van der Waals surface area contributed by atoms with E-state index in [0.717, 1.165) is 11.8 Å². The van der Waals surface area contributed by atoms with Crippen molar-refractivity contribution in [2.45, 2.75) is 18.0 Å². The summed E-state index contributed by atoms with van der Waals surface area (Å²) >= 11 is 0. The first-order chi connectivity index (χ1) is 5.91. The van der Waals surface area contributed by atoms with E-state index < -0.39 is 9.84 Å². The molecule has 1 heterocycles. The summed E-state index contributed by atoms with van der Waals surface area (Å²) in [6, 6.07) is 3.03. The maximum Gasteiger partial charge on any atom is 0.192 e. The largest absolute Gasteiger partial charge is 0.324 e. The standard InChI is InChI=1S/C8H12N2O2S/c1-6(9)7-3-4-10-8(5-7)13(2,11)12/h3-6H,9H2,1-2H3. The normalized spacial score (nSPS) is 14.1. The average Bonchev–Trinajstić information content (AvgIpc) is 2.03. The van der Waals surface area contributed by atoms with Gasteiger partial charge in [-0.25, -0.2) is 13.4 Å². The maximum absolute atomic E-state index is 11.1. The lowest BCUT2D eigenvalue weighted by Gasteiger charge is -2.05. The Hall–Kier alpha value is -0.940. The quantitative estimate of drug-likeness (QED) is 0.754. The highest BCUT2D eigenvalue weighted by molar-refractivity contribution is 7.90. The number of pyridine rings is 1. The van der Waals surface area contributed by atoms with Crippen LogP contribution in [-0.2, 0) is 9.84 Å². The number of hydrogen-bond donors (Lipinski definition) is 1. The summed E-state index contributed by atoms with van der Waals surface area (Å²) in [5.41, 5.74) is 6.38. The fraction of sp³-hybridized carbons (Fsp3) is 0.375. The molecule has 1 aromatic rings. The van der Waals surface area contributed by atoms with E-state index in [1.807, 2.05) is 0 Å². The molecule has 1 atom stereocenters. The molecule has 13 heavy (non-hydrogen) atoms. The second-order valence-electron chi connectivity index (χ2n) is 2.99. The molecular formula is C8H12N2O2S. The molecule has 0 aliphatic carbocycles. The average molecular weight is 200 g/mol. The Kier molecular flexibility index (Phi) is 2.68. The van der Waals surface area contributed by atoms with Crippen LogP contribution in [0.15, 0.2) is 23.4 Å². The first-order valence-corrected chi connectivity index (χ1v) is 5.72. The highest BCUT2D eigenvalue weighted by Crippen LogP contribution is 2.12. The summed E-state index contributed by atoms with van der Waals surface area (Å²) < 4.78 is 22.2. The minimum absolute atomic E-state index is 0.0716. The van der Waals surface area contributed by atoms with Gasteiger partial charge in [0.1, 0.15) is 0 Å². The Morgan fingerprint density at radius 2 is 2.15 bits per heavy atom. The second-order valence-corrected chi connectivity index (χ2v) is 4.95. The Morgan fingerprint density at radius 3 is 2.62 bits per heavy atom. The van der Waals surface area contributed by atoms with Crippen LogP contribution >= 0.6 is 0 Å². The van der Waals surface area contributed by atoms with Crippen molar-refractivity contribution in [1.29, 1.82) is 0 Å². The van der Waals surface area contributed by atoms with Crippen molar-refractivity contribution in [3.63, 3.8) is 0 Å². The zero-order chi connectivity index (χ0) is 10.1. The lowest BCUT2D eigenvalue weighted by Crippen LogP contribution is -2.07. The van der Waals surface area contributed by atoms with Gasteiger partial charge in [0, 0.05) is 18.5 Å². The Labute approximate surface area is 77.7 Å². The van der Waals surface area contributed by atoms with Crippen LogP contribution in [0.4, 0.5) is 0 Å². The van der Waals surface area contributed by atoms with Gasteiger partial charge in [0.15, 0.2) is 14.9 Å². The molecule has 4 nitrogen and oxygen atoms in total. The van der Waals surface area contributed by atoms with Gasteiger partial charge in [-0.1, -0.05) is 0 Å². The third kappa shape index (κ3) is 2.50. The summed E-state index contributed by atoms with van der Waals surface area (Å²) in [5, 5.41) is 0.0716. The second kappa shape index (κ2) is 3.43. The first kappa shape index (κ1) is 10.1. The van der Waals surface area contributed by atoms with Crippen molar-refractivity contribution in [3.05, 3.63) is 23.9 Å².